The number of methoxy groups -OCH3 is 2. The molecule has 0 aromatic carbocycles. The number of hydrogen-bond donors (Lipinski definition) is 2. The predicted octanol–water partition coefficient (Wildman–Crippen LogP) is 13.9. The third-order valence-corrected chi connectivity index (χ3v) is 27.4. The van der Waals surface area contributed by atoms with E-state index in [1.165, 1.54) is 5.57 Å². The minimum atomic E-state index is -0.656. The minimum absolute atomic E-state index is 0.000211. The molecule has 0 aromatic heterocycles. The quantitative estimate of drug-likeness (QED) is 0.209. The smallest absolute Gasteiger partial charge is 0.313 e. The van der Waals surface area contributed by atoms with Crippen molar-refractivity contribution in [2.24, 2.45) is 113 Å². The van der Waals surface area contributed by atoms with Gasteiger partial charge in [0.2, 0.25) is 0 Å². The van der Waals surface area contributed by atoms with Crippen LogP contribution in [-0.4, -0.2) is 60.8 Å². The van der Waals surface area contributed by atoms with Crippen LogP contribution in [0.15, 0.2) is 23.3 Å². The fourth-order valence-corrected chi connectivity index (χ4v) is 22.9. The molecule has 10 aliphatic carbocycles. The number of hydrogen-bond acceptors (Lipinski definition) is 6. The largest absolute Gasteiger partial charge is 0.481 e. The minimum Gasteiger partial charge on any atom is -0.481 e. The van der Waals surface area contributed by atoms with Crippen LogP contribution in [0.4, 0.5) is 0 Å². The van der Waals surface area contributed by atoms with Gasteiger partial charge in [-0.2, -0.15) is 0 Å². The maximum atomic E-state index is 16.0. The zero-order valence-electron chi connectivity index (χ0n) is 46.5. The molecule has 0 spiro atoms. The van der Waals surface area contributed by atoms with Crippen LogP contribution in [0.5, 0.6) is 0 Å². The van der Waals surface area contributed by atoms with Crippen molar-refractivity contribution >= 4 is 11.9 Å². The van der Waals surface area contributed by atoms with E-state index < -0.39 is 22.9 Å². The van der Waals surface area contributed by atoms with Crippen LogP contribution in [0.3, 0.4) is 0 Å². The Morgan fingerprint density at radius 2 is 1.00 bits per heavy atom. The Morgan fingerprint density at radius 3 is 1.48 bits per heavy atom. The van der Waals surface area contributed by atoms with Gasteiger partial charge in [-0.3, -0.25) is 9.59 Å². The summed E-state index contributed by atoms with van der Waals surface area (Å²) < 4.78 is 20.1. The van der Waals surface area contributed by atoms with Gasteiger partial charge in [0.15, 0.2) is 0 Å². The molecular weight excluding hydrogens is 857 g/mol. The molecule has 0 heterocycles. The van der Waals surface area contributed by atoms with Crippen molar-refractivity contribution in [3.05, 3.63) is 23.3 Å². The Labute approximate surface area is 419 Å². The first-order chi connectivity index (χ1) is 32.1. The van der Waals surface area contributed by atoms with Gasteiger partial charge in [0.25, 0.3) is 0 Å². The molecule has 7 nitrogen and oxygen atoms in total. The topological polar surface area (TPSA) is 102 Å². The van der Waals surface area contributed by atoms with Gasteiger partial charge < -0.3 is 24.4 Å². The third-order valence-electron chi connectivity index (χ3n) is 27.4. The number of rotatable bonds is 5. The van der Waals surface area contributed by atoms with Crippen LogP contribution in [0.2, 0.25) is 0 Å². The van der Waals surface area contributed by atoms with Crippen LogP contribution >= 0.6 is 0 Å². The molecule has 10 aliphatic rings. The molecule has 0 amide bonds. The lowest BCUT2D eigenvalue weighted by Crippen LogP contribution is -2.68. The van der Waals surface area contributed by atoms with Crippen molar-refractivity contribution in [1.29, 1.82) is 0 Å². The van der Waals surface area contributed by atoms with Gasteiger partial charge in [-0.15, -0.1) is 0 Å². The summed E-state index contributed by atoms with van der Waals surface area (Å²) in [5, 5.41) is 22.7. The molecule has 0 aliphatic heterocycles. The lowest BCUT2D eigenvalue weighted by Gasteiger charge is -2.72. The van der Waals surface area contributed by atoms with Gasteiger partial charge in [-0.25, -0.2) is 0 Å². The van der Waals surface area contributed by atoms with Crippen LogP contribution in [0.25, 0.3) is 0 Å². The Bertz CT molecular complexity index is 2160. The van der Waals surface area contributed by atoms with Crippen molar-refractivity contribution in [3.63, 3.8) is 0 Å². The highest BCUT2D eigenvalue weighted by molar-refractivity contribution is 5.79. The predicted molar refractivity (Wildman–Crippen MR) is 274 cm³/mol. The standard InChI is InChI=1S/C62H98O7/c1-35-21-27-61(51(64)65)31-29-57(11)39(47(61)37(35)3)17-19-46-56(10)34-42(50(68-16)54(7,8)44(56)24-26-60(46,57)14)69-52(66)62-28-22-36(2)38(4)48(62)40-18-20-45-55(9)33-41(67-15)49(63)53(5,6)43(55)23-25-59(45,13)58(40,12)30-32-62/h17-18,35-38,41-50,63H,19-34H2,1-16H3,(H,64,65)/t35-,36-,37+,38+,41?,42?,43?,44?,45?,46-,47+,48+,49?,50?,55+,56+,57-,58-,59-,60-,61+,62+/m1/s1. The number of carboxylic acids is 1. The zero-order chi connectivity index (χ0) is 50.2. The average Bonchev–Trinajstić information content (AvgIpc) is 3.27. The summed E-state index contributed by atoms with van der Waals surface area (Å²) in [5.74, 6) is 3.12. The summed E-state index contributed by atoms with van der Waals surface area (Å²) in [6, 6.07) is 0. The second-order valence-corrected chi connectivity index (χ2v) is 29.8. The molecule has 7 unspecified atom stereocenters. The van der Waals surface area contributed by atoms with Crippen LogP contribution in [0, 0.1) is 113 Å². The number of aliphatic hydroxyl groups excluding tert-OH is 1. The highest BCUT2D eigenvalue weighted by Crippen LogP contribution is 2.78. The number of esters is 1. The van der Waals surface area contributed by atoms with Gasteiger partial charge in [-0.1, -0.05) is 120 Å². The van der Waals surface area contributed by atoms with E-state index in [4.69, 9.17) is 14.2 Å². The van der Waals surface area contributed by atoms with Crippen molar-refractivity contribution in [2.45, 2.75) is 224 Å². The highest BCUT2D eigenvalue weighted by Gasteiger charge is 2.74. The maximum Gasteiger partial charge on any atom is 0.313 e. The Morgan fingerprint density at radius 1 is 0.551 bits per heavy atom. The maximum absolute atomic E-state index is 16.0. The first-order valence-electron chi connectivity index (χ1n) is 28.7. The lowest BCUT2D eigenvalue weighted by atomic mass is 9.33. The fourth-order valence-electron chi connectivity index (χ4n) is 22.9. The van der Waals surface area contributed by atoms with E-state index in [2.05, 4.69) is 109 Å². The second-order valence-electron chi connectivity index (χ2n) is 29.8. The molecule has 0 aromatic rings. The number of carbonyl (C=O) groups excluding carboxylic acids is 1. The van der Waals surface area contributed by atoms with E-state index >= 15 is 4.79 Å². The number of aliphatic hydroxyl groups is 1. The van der Waals surface area contributed by atoms with E-state index in [9.17, 15) is 15.0 Å². The third kappa shape index (κ3) is 6.20. The number of fused-ring (bicyclic) bond motifs is 14. The molecule has 388 valence electrons. The molecule has 0 saturated heterocycles. The molecule has 10 rings (SSSR count). The summed E-state index contributed by atoms with van der Waals surface area (Å²) in [6.07, 6.45) is 19.6. The molecule has 8 saturated carbocycles. The van der Waals surface area contributed by atoms with Gasteiger partial charge in [-0.05, 0) is 205 Å². The molecule has 69 heavy (non-hydrogen) atoms. The Hall–Kier alpha value is -1.70. The number of carbonyl (C=O) groups is 2. The fraction of sp³-hybridized carbons (Fsp3) is 0.903. The highest BCUT2D eigenvalue weighted by atomic mass is 16.6. The molecule has 22 atom stereocenters. The van der Waals surface area contributed by atoms with Crippen LogP contribution in [-0.2, 0) is 23.8 Å². The number of carboxylic acid groups (broad SMARTS) is 1. The van der Waals surface area contributed by atoms with Crippen LogP contribution in [0.1, 0.15) is 200 Å². The molecule has 0 bridgehead atoms. The summed E-state index contributed by atoms with van der Waals surface area (Å²) in [5.41, 5.74) is 1.24. The van der Waals surface area contributed by atoms with Gasteiger partial charge in [0.1, 0.15) is 6.10 Å². The second kappa shape index (κ2) is 15.9. The van der Waals surface area contributed by atoms with Gasteiger partial charge >= 0.3 is 11.9 Å². The number of aliphatic carboxylic acids is 1. The van der Waals surface area contributed by atoms with E-state index in [1.54, 1.807) is 12.7 Å². The number of allylic oxidation sites excluding steroid dienone is 4. The van der Waals surface area contributed by atoms with Crippen molar-refractivity contribution < 1.29 is 34.0 Å². The summed E-state index contributed by atoms with van der Waals surface area (Å²) in [7, 11) is 3.65. The zero-order valence-corrected chi connectivity index (χ0v) is 46.5. The molecule has 0 radical (unpaired) electrons. The Kier molecular flexibility index (Phi) is 11.7. The number of ether oxygens (including phenoxy) is 3. The van der Waals surface area contributed by atoms with E-state index in [0.717, 1.165) is 103 Å². The van der Waals surface area contributed by atoms with E-state index in [1.807, 2.05) is 7.11 Å². The molecular formula is C62H98O7. The summed E-state index contributed by atoms with van der Waals surface area (Å²) in [4.78, 5) is 29.4. The monoisotopic (exact) mass is 955 g/mol. The van der Waals surface area contributed by atoms with Crippen molar-refractivity contribution in [3.8, 4) is 0 Å². The van der Waals surface area contributed by atoms with Crippen molar-refractivity contribution in [1.82, 2.24) is 0 Å². The summed E-state index contributed by atoms with van der Waals surface area (Å²) >= 11 is 0. The molecule has 2 N–H and O–H groups in total. The SMILES string of the molecule is COC1C[C@@]2(C)C(CC[C@]3(C)C2CC=C2[C@@H]4[C@@H](C)[C@H](C)CC[C@]4(C(=O)OC4C[C@@]5(C)C(CC[C@]6(C)[C@@H]5CC=C5[C@@H]7[C@@H](C)[C@H](C)CC[C@]7(C(=O)O)CC[C@]56C)C(C)(C)C4OC)CC[C@]23C)C(C)(C)C1O. The van der Waals surface area contributed by atoms with E-state index in [0.29, 0.717) is 47.3 Å². The lowest BCUT2D eigenvalue weighted by molar-refractivity contribution is -0.250. The first kappa shape index (κ1) is 50.8. The van der Waals surface area contributed by atoms with Gasteiger partial charge in [0.05, 0.1) is 29.1 Å². The molecule has 8 fully saturated rings. The normalized spacial score (nSPS) is 55.8. The van der Waals surface area contributed by atoms with Crippen molar-refractivity contribution in [2.75, 3.05) is 14.2 Å². The first-order valence-corrected chi connectivity index (χ1v) is 28.7. The average molecular weight is 955 g/mol. The molecule has 7 heteroatoms. The van der Waals surface area contributed by atoms with Crippen LogP contribution < -0.4 is 0 Å². The summed E-state index contributed by atoms with van der Waals surface area (Å²) in [6.45, 7) is 34.6. The van der Waals surface area contributed by atoms with E-state index in [-0.39, 0.29) is 79.4 Å². The Balaban J connectivity index is 0.989. The van der Waals surface area contributed by atoms with Gasteiger partial charge in [0, 0.05) is 14.2 Å².